The van der Waals surface area contributed by atoms with E-state index in [0.29, 0.717) is 0 Å². The second kappa shape index (κ2) is 4.77. The third-order valence-corrected chi connectivity index (χ3v) is 3.61. The van der Waals surface area contributed by atoms with Crippen molar-refractivity contribution < 1.29 is 0 Å². The highest BCUT2D eigenvalue weighted by atomic mass is 15.1. The average molecular weight is 218 g/mol. The molecule has 0 spiro atoms. The first kappa shape index (κ1) is 11.3. The van der Waals surface area contributed by atoms with E-state index in [-0.39, 0.29) is 0 Å². The highest BCUT2D eigenvalue weighted by molar-refractivity contribution is 5.60. The summed E-state index contributed by atoms with van der Waals surface area (Å²) in [5, 5.41) is 3.19. The predicted octanol–water partition coefficient (Wildman–Crippen LogP) is 3.27. The zero-order chi connectivity index (χ0) is 11.5. The van der Waals surface area contributed by atoms with E-state index >= 15 is 0 Å². The molecule has 0 bridgehead atoms. The number of nitrogens with one attached hydrogen (secondary N) is 1. The van der Waals surface area contributed by atoms with Gasteiger partial charge >= 0.3 is 0 Å². The summed E-state index contributed by atoms with van der Waals surface area (Å²) in [4.78, 5) is 2.52. The molecule has 0 aromatic heterocycles. The summed E-state index contributed by atoms with van der Waals surface area (Å²) in [7, 11) is 1.97. The Morgan fingerprint density at radius 1 is 1.25 bits per heavy atom. The van der Waals surface area contributed by atoms with Crippen molar-refractivity contribution in [3.8, 4) is 0 Å². The molecule has 1 aromatic rings. The maximum atomic E-state index is 3.19. The van der Waals surface area contributed by atoms with E-state index in [1.54, 1.807) is 0 Å². The second-order valence-electron chi connectivity index (χ2n) is 4.92. The molecule has 0 unspecified atom stereocenters. The number of piperidine rings is 1. The summed E-state index contributed by atoms with van der Waals surface area (Å²) < 4.78 is 0. The lowest BCUT2D eigenvalue weighted by Crippen LogP contribution is -2.33. The molecule has 0 amide bonds. The van der Waals surface area contributed by atoms with Crippen molar-refractivity contribution >= 4 is 11.4 Å². The second-order valence-corrected chi connectivity index (χ2v) is 4.92. The zero-order valence-corrected chi connectivity index (χ0v) is 10.6. The van der Waals surface area contributed by atoms with Crippen LogP contribution in [0.4, 0.5) is 11.4 Å². The standard InChI is InChI=1S/C14H22N2/c1-11-6-8-16(9-7-11)14-5-4-13(15-3)10-12(14)2/h4-5,10-11,15H,6-9H2,1-3H3. The third kappa shape index (κ3) is 2.31. The summed E-state index contributed by atoms with van der Waals surface area (Å²) in [5.74, 6) is 0.896. The van der Waals surface area contributed by atoms with Crippen molar-refractivity contribution in [2.45, 2.75) is 26.7 Å². The van der Waals surface area contributed by atoms with Crippen molar-refractivity contribution in [1.82, 2.24) is 0 Å². The van der Waals surface area contributed by atoms with Gasteiger partial charge in [-0.25, -0.2) is 0 Å². The Balaban J connectivity index is 2.14. The largest absolute Gasteiger partial charge is 0.388 e. The zero-order valence-electron chi connectivity index (χ0n) is 10.6. The van der Waals surface area contributed by atoms with Crippen LogP contribution in [0.1, 0.15) is 25.3 Å². The molecule has 1 fully saturated rings. The van der Waals surface area contributed by atoms with E-state index in [2.05, 4.69) is 42.3 Å². The number of nitrogens with zero attached hydrogens (tertiary/aromatic N) is 1. The van der Waals surface area contributed by atoms with Crippen LogP contribution >= 0.6 is 0 Å². The molecule has 1 aromatic carbocycles. The number of anilines is 2. The van der Waals surface area contributed by atoms with Crippen LogP contribution in [0.15, 0.2) is 18.2 Å². The Hall–Kier alpha value is -1.18. The third-order valence-electron chi connectivity index (χ3n) is 3.61. The minimum atomic E-state index is 0.896. The molecule has 1 heterocycles. The maximum absolute atomic E-state index is 3.19. The first-order chi connectivity index (χ1) is 7.70. The van der Waals surface area contributed by atoms with E-state index in [4.69, 9.17) is 0 Å². The number of rotatable bonds is 2. The van der Waals surface area contributed by atoms with E-state index in [9.17, 15) is 0 Å². The van der Waals surface area contributed by atoms with E-state index < -0.39 is 0 Å². The van der Waals surface area contributed by atoms with Crippen LogP contribution in [0.3, 0.4) is 0 Å². The number of benzene rings is 1. The molecule has 1 aliphatic heterocycles. The minimum absolute atomic E-state index is 0.896. The number of aryl methyl sites for hydroxylation is 1. The fourth-order valence-electron chi connectivity index (χ4n) is 2.42. The topological polar surface area (TPSA) is 15.3 Å². The SMILES string of the molecule is CNc1ccc(N2CCC(C)CC2)c(C)c1. The molecule has 0 radical (unpaired) electrons. The van der Waals surface area contributed by atoms with Crippen LogP contribution in [0.25, 0.3) is 0 Å². The summed E-state index contributed by atoms with van der Waals surface area (Å²) in [6.07, 6.45) is 2.65. The van der Waals surface area contributed by atoms with Gasteiger partial charge in [-0.05, 0) is 49.4 Å². The number of hydrogen-bond donors (Lipinski definition) is 1. The van der Waals surface area contributed by atoms with Gasteiger partial charge in [0.1, 0.15) is 0 Å². The molecule has 2 rings (SSSR count). The first-order valence-electron chi connectivity index (χ1n) is 6.24. The smallest absolute Gasteiger partial charge is 0.0397 e. The summed E-state index contributed by atoms with van der Waals surface area (Å²) in [5.41, 5.74) is 3.99. The van der Waals surface area contributed by atoms with Crippen molar-refractivity contribution in [3.63, 3.8) is 0 Å². The first-order valence-corrected chi connectivity index (χ1v) is 6.24. The van der Waals surface area contributed by atoms with Crippen LogP contribution in [0.2, 0.25) is 0 Å². The van der Waals surface area contributed by atoms with Gasteiger partial charge in [0, 0.05) is 31.5 Å². The lowest BCUT2D eigenvalue weighted by atomic mass is 9.98. The molecule has 0 aliphatic carbocycles. The van der Waals surface area contributed by atoms with Crippen LogP contribution in [-0.4, -0.2) is 20.1 Å². The fourth-order valence-corrected chi connectivity index (χ4v) is 2.42. The van der Waals surface area contributed by atoms with Gasteiger partial charge in [-0.15, -0.1) is 0 Å². The Morgan fingerprint density at radius 2 is 1.94 bits per heavy atom. The van der Waals surface area contributed by atoms with Gasteiger partial charge in [0.2, 0.25) is 0 Å². The van der Waals surface area contributed by atoms with Crippen molar-refractivity contribution in [2.24, 2.45) is 5.92 Å². The average Bonchev–Trinajstić information content (AvgIpc) is 2.30. The molecule has 0 atom stereocenters. The highest BCUT2D eigenvalue weighted by Crippen LogP contribution is 2.27. The van der Waals surface area contributed by atoms with Gasteiger partial charge < -0.3 is 10.2 Å². The summed E-state index contributed by atoms with van der Waals surface area (Å²) >= 11 is 0. The molecule has 88 valence electrons. The van der Waals surface area contributed by atoms with Gasteiger partial charge in [0.25, 0.3) is 0 Å². The molecule has 2 heteroatoms. The number of hydrogen-bond acceptors (Lipinski definition) is 2. The summed E-state index contributed by atoms with van der Waals surface area (Å²) in [6, 6.07) is 6.64. The molecular weight excluding hydrogens is 196 g/mol. The van der Waals surface area contributed by atoms with Gasteiger partial charge in [-0.2, -0.15) is 0 Å². The van der Waals surface area contributed by atoms with Crippen LogP contribution < -0.4 is 10.2 Å². The van der Waals surface area contributed by atoms with Gasteiger partial charge in [0.05, 0.1) is 0 Å². The highest BCUT2D eigenvalue weighted by Gasteiger charge is 2.17. The van der Waals surface area contributed by atoms with Crippen molar-refractivity contribution in [3.05, 3.63) is 23.8 Å². The van der Waals surface area contributed by atoms with Gasteiger partial charge in [-0.1, -0.05) is 6.92 Å². The monoisotopic (exact) mass is 218 g/mol. The van der Waals surface area contributed by atoms with E-state index in [0.717, 1.165) is 5.92 Å². The predicted molar refractivity (Wildman–Crippen MR) is 71.3 cm³/mol. The fraction of sp³-hybridized carbons (Fsp3) is 0.571. The summed E-state index contributed by atoms with van der Waals surface area (Å²) in [6.45, 7) is 6.98. The quantitative estimate of drug-likeness (QED) is 0.819. The molecule has 16 heavy (non-hydrogen) atoms. The Labute approximate surface area is 98.7 Å². The Kier molecular flexibility index (Phi) is 3.37. The van der Waals surface area contributed by atoms with Crippen LogP contribution in [0.5, 0.6) is 0 Å². The lowest BCUT2D eigenvalue weighted by molar-refractivity contribution is 0.438. The van der Waals surface area contributed by atoms with E-state index in [1.165, 1.54) is 42.9 Å². The van der Waals surface area contributed by atoms with Crippen molar-refractivity contribution in [2.75, 3.05) is 30.4 Å². The van der Waals surface area contributed by atoms with Gasteiger partial charge in [-0.3, -0.25) is 0 Å². The molecule has 1 aliphatic rings. The minimum Gasteiger partial charge on any atom is -0.388 e. The molecule has 1 N–H and O–H groups in total. The normalized spacial score (nSPS) is 17.6. The molecule has 2 nitrogen and oxygen atoms in total. The molecule has 0 saturated carbocycles. The molecule has 1 saturated heterocycles. The Bertz CT molecular complexity index is 352. The lowest BCUT2D eigenvalue weighted by Gasteiger charge is -2.33. The van der Waals surface area contributed by atoms with Gasteiger partial charge in [0.15, 0.2) is 0 Å². The Morgan fingerprint density at radius 3 is 2.50 bits per heavy atom. The molecular formula is C14H22N2. The van der Waals surface area contributed by atoms with Crippen LogP contribution in [-0.2, 0) is 0 Å². The van der Waals surface area contributed by atoms with Crippen LogP contribution in [0, 0.1) is 12.8 Å². The van der Waals surface area contributed by atoms with E-state index in [1.807, 2.05) is 7.05 Å². The maximum Gasteiger partial charge on any atom is 0.0397 e. The van der Waals surface area contributed by atoms with Crippen molar-refractivity contribution in [1.29, 1.82) is 0 Å².